The zero-order chi connectivity index (χ0) is 9.84. The summed E-state index contributed by atoms with van der Waals surface area (Å²) in [5, 5.41) is 8.34. The molecular formula is C8H5BrF2N2. The number of hydrogen-bond acceptors (Lipinski definition) is 2. The lowest BCUT2D eigenvalue weighted by Gasteiger charge is -2.02. The van der Waals surface area contributed by atoms with Crippen molar-refractivity contribution in [2.24, 2.45) is 0 Å². The molecular weight excluding hydrogens is 242 g/mol. The van der Waals surface area contributed by atoms with E-state index in [2.05, 4.69) is 20.9 Å². The van der Waals surface area contributed by atoms with Crippen LogP contribution in [0.5, 0.6) is 0 Å². The van der Waals surface area contributed by atoms with Gasteiger partial charge in [-0.1, -0.05) is 0 Å². The van der Waals surface area contributed by atoms with Crippen molar-refractivity contribution in [2.75, 3.05) is 0 Å². The molecule has 2 nitrogen and oxygen atoms in total. The van der Waals surface area contributed by atoms with E-state index >= 15 is 0 Å². The fourth-order valence-corrected chi connectivity index (χ4v) is 1.36. The van der Waals surface area contributed by atoms with E-state index in [1.54, 1.807) is 0 Å². The first kappa shape index (κ1) is 10.1. The molecule has 0 aliphatic heterocycles. The Morgan fingerprint density at radius 3 is 2.69 bits per heavy atom. The molecule has 0 unspecified atom stereocenters. The maximum Gasteiger partial charge on any atom is 0.266 e. The summed E-state index contributed by atoms with van der Waals surface area (Å²) in [4.78, 5) is 3.80. The molecule has 0 radical (unpaired) electrons. The highest BCUT2D eigenvalue weighted by Crippen LogP contribution is 2.25. The van der Waals surface area contributed by atoms with Gasteiger partial charge in [0.05, 0.1) is 23.7 Å². The molecule has 0 N–H and O–H groups in total. The molecule has 0 spiro atoms. The molecule has 0 saturated heterocycles. The third-order valence-electron chi connectivity index (χ3n) is 1.43. The van der Waals surface area contributed by atoms with E-state index in [0.717, 1.165) is 0 Å². The summed E-state index contributed by atoms with van der Waals surface area (Å²) in [6.45, 7) is 0. The van der Waals surface area contributed by atoms with E-state index in [-0.39, 0.29) is 16.6 Å². The largest absolute Gasteiger partial charge is 0.266 e. The molecule has 0 amide bonds. The van der Waals surface area contributed by atoms with Crippen LogP contribution < -0.4 is 0 Å². The van der Waals surface area contributed by atoms with Gasteiger partial charge in [0.2, 0.25) is 0 Å². The van der Waals surface area contributed by atoms with E-state index in [1.165, 1.54) is 12.1 Å². The molecule has 1 heterocycles. The highest BCUT2D eigenvalue weighted by atomic mass is 79.9. The van der Waals surface area contributed by atoms with Crippen molar-refractivity contribution in [1.82, 2.24) is 4.98 Å². The molecule has 1 aromatic rings. The highest BCUT2D eigenvalue weighted by molar-refractivity contribution is 9.10. The summed E-state index contributed by atoms with van der Waals surface area (Å²) in [6, 6.07) is 4.59. The van der Waals surface area contributed by atoms with Crippen LogP contribution in [-0.2, 0) is 6.42 Å². The summed E-state index contributed by atoms with van der Waals surface area (Å²) in [5.41, 5.74) is 0.334. The molecule has 0 atom stereocenters. The number of hydrogen-bond donors (Lipinski definition) is 0. The molecule has 13 heavy (non-hydrogen) atoms. The number of alkyl halides is 2. The number of pyridine rings is 1. The van der Waals surface area contributed by atoms with Gasteiger partial charge in [-0.3, -0.25) is 0 Å². The van der Waals surface area contributed by atoms with Gasteiger partial charge in [-0.15, -0.1) is 0 Å². The van der Waals surface area contributed by atoms with E-state index in [9.17, 15) is 8.78 Å². The van der Waals surface area contributed by atoms with E-state index in [0.29, 0.717) is 5.69 Å². The maximum absolute atomic E-state index is 12.2. The van der Waals surface area contributed by atoms with Crippen LogP contribution in [-0.4, -0.2) is 4.98 Å². The van der Waals surface area contributed by atoms with Gasteiger partial charge >= 0.3 is 0 Å². The lowest BCUT2D eigenvalue weighted by Crippen LogP contribution is -1.94. The minimum atomic E-state index is -2.54. The molecule has 0 aromatic carbocycles. The average Bonchev–Trinajstić information content (AvgIpc) is 2.04. The van der Waals surface area contributed by atoms with Gasteiger partial charge in [0.25, 0.3) is 6.43 Å². The van der Waals surface area contributed by atoms with Crippen LogP contribution in [0.2, 0.25) is 0 Å². The van der Waals surface area contributed by atoms with Crippen molar-refractivity contribution in [3.05, 3.63) is 28.0 Å². The first-order valence-electron chi connectivity index (χ1n) is 3.45. The van der Waals surface area contributed by atoms with Crippen LogP contribution in [0.3, 0.4) is 0 Å². The first-order valence-corrected chi connectivity index (χ1v) is 4.25. The molecule has 0 bridgehead atoms. The van der Waals surface area contributed by atoms with Crippen molar-refractivity contribution in [2.45, 2.75) is 12.8 Å². The van der Waals surface area contributed by atoms with Gasteiger partial charge in [0.1, 0.15) is 4.60 Å². The molecule has 1 aromatic heterocycles. The van der Waals surface area contributed by atoms with Crippen molar-refractivity contribution >= 4 is 15.9 Å². The van der Waals surface area contributed by atoms with Gasteiger partial charge in [-0.25, -0.2) is 13.8 Å². The fraction of sp³-hybridized carbons (Fsp3) is 0.250. The van der Waals surface area contributed by atoms with E-state index in [1.807, 2.05) is 6.07 Å². The second kappa shape index (κ2) is 4.28. The minimum absolute atomic E-state index is 0.107. The van der Waals surface area contributed by atoms with Crippen LogP contribution in [0.1, 0.15) is 17.7 Å². The normalized spacial score (nSPS) is 10.1. The molecule has 1 rings (SSSR count). The quantitative estimate of drug-likeness (QED) is 0.753. The third kappa shape index (κ3) is 2.46. The Balaban J connectivity index is 3.00. The monoisotopic (exact) mass is 246 g/mol. The molecule has 0 aliphatic rings. The molecule has 0 fully saturated rings. The number of halogens is 3. The van der Waals surface area contributed by atoms with Crippen LogP contribution in [0.4, 0.5) is 8.78 Å². The lowest BCUT2D eigenvalue weighted by atomic mass is 10.2. The second-order valence-corrected chi connectivity index (χ2v) is 3.07. The Morgan fingerprint density at radius 2 is 2.23 bits per heavy atom. The van der Waals surface area contributed by atoms with E-state index < -0.39 is 6.43 Å². The maximum atomic E-state index is 12.2. The topological polar surface area (TPSA) is 36.7 Å². The fourth-order valence-electron chi connectivity index (χ4n) is 0.825. The Labute approximate surface area is 82.3 Å². The number of nitrogens with zero attached hydrogens (tertiary/aromatic N) is 2. The molecule has 5 heteroatoms. The summed E-state index contributed by atoms with van der Waals surface area (Å²) in [7, 11) is 0. The SMILES string of the molecule is N#CCc1ccc(C(F)F)c(Br)n1. The predicted octanol–water partition coefficient (Wildman–Crippen LogP) is 2.85. The van der Waals surface area contributed by atoms with Crippen molar-refractivity contribution in [3.63, 3.8) is 0 Å². The summed E-state index contributed by atoms with van der Waals surface area (Å²) in [6.07, 6.45) is -2.42. The Bertz CT molecular complexity index is 346. The summed E-state index contributed by atoms with van der Waals surface area (Å²) >= 11 is 2.92. The zero-order valence-corrected chi connectivity index (χ0v) is 8.05. The number of nitriles is 1. The molecule has 0 saturated carbocycles. The third-order valence-corrected chi connectivity index (χ3v) is 2.07. The smallest absolute Gasteiger partial charge is 0.244 e. The molecule has 0 aliphatic carbocycles. The standard InChI is InChI=1S/C8H5BrF2N2/c9-7-6(8(10)11)2-1-5(13-7)3-4-12/h1-2,8H,3H2. The number of aromatic nitrogens is 1. The van der Waals surface area contributed by atoms with Crippen molar-refractivity contribution in [3.8, 4) is 6.07 Å². The van der Waals surface area contributed by atoms with E-state index in [4.69, 9.17) is 5.26 Å². The zero-order valence-electron chi connectivity index (χ0n) is 6.47. The minimum Gasteiger partial charge on any atom is -0.244 e. The van der Waals surface area contributed by atoms with Gasteiger partial charge in [0.15, 0.2) is 0 Å². The van der Waals surface area contributed by atoms with Gasteiger partial charge < -0.3 is 0 Å². The van der Waals surface area contributed by atoms with Crippen LogP contribution in [0.25, 0.3) is 0 Å². The Kier molecular flexibility index (Phi) is 3.32. The second-order valence-electron chi connectivity index (χ2n) is 2.32. The lowest BCUT2D eigenvalue weighted by molar-refractivity contribution is 0.150. The Morgan fingerprint density at radius 1 is 1.54 bits per heavy atom. The van der Waals surface area contributed by atoms with Crippen molar-refractivity contribution < 1.29 is 8.78 Å². The Hall–Kier alpha value is -1.02. The average molecular weight is 247 g/mol. The van der Waals surface area contributed by atoms with Crippen LogP contribution in [0, 0.1) is 11.3 Å². The van der Waals surface area contributed by atoms with Gasteiger partial charge in [-0.2, -0.15) is 5.26 Å². The van der Waals surface area contributed by atoms with Crippen LogP contribution in [0.15, 0.2) is 16.7 Å². The van der Waals surface area contributed by atoms with Gasteiger partial charge in [0, 0.05) is 0 Å². The van der Waals surface area contributed by atoms with Gasteiger partial charge in [-0.05, 0) is 28.1 Å². The summed E-state index contributed by atoms with van der Waals surface area (Å²) < 4.78 is 24.5. The predicted molar refractivity (Wildman–Crippen MR) is 46.2 cm³/mol. The van der Waals surface area contributed by atoms with Crippen molar-refractivity contribution in [1.29, 1.82) is 5.26 Å². The van der Waals surface area contributed by atoms with Crippen LogP contribution >= 0.6 is 15.9 Å². The molecule has 68 valence electrons. The highest BCUT2D eigenvalue weighted by Gasteiger charge is 2.12. The summed E-state index contributed by atoms with van der Waals surface area (Å²) in [5.74, 6) is 0. The first-order chi connectivity index (χ1) is 6.15. The number of rotatable bonds is 2.